The Morgan fingerprint density at radius 1 is 1.08 bits per heavy atom. The standard InChI is InChI=1S/C20H19F3N2O/c21-20(22,23)18-10-12-8-14(17(18)9-12)11-24-25-19(26)16-7-3-5-13-4-1-2-6-15(13)16/h1-7,11-12,14,17-18H,8-10H2,(H,25,26)/b24-11-/t12-,14-,17-,18+/m0/s1. The fourth-order valence-corrected chi connectivity index (χ4v) is 4.63. The Morgan fingerprint density at radius 3 is 2.62 bits per heavy atom. The predicted molar refractivity (Wildman–Crippen MR) is 93.8 cm³/mol. The van der Waals surface area contributed by atoms with E-state index in [9.17, 15) is 18.0 Å². The molecule has 2 saturated carbocycles. The van der Waals surface area contributed by atoms with Crippen LogP contribution in [0.3, 0.4) is 0 Å². The molecular weight excluding hydrogens is 341 g/mol. The lowest BCUT2D eigenvalue weighted by Crippen LogP contribution is -2.33. The van der Waals surface area contributed by atoms with Crippen molar-refractivity contribution in [1.82, 2.24) is 5.43 Å². The number of hydrogen-bond acceptors (Lipinski definition) is 2. The van der Waals surface area contributed by atoms with E-state index in [1.54, 1.807) is 12.1 Å². The van der Waals surface area contributed by atoms with E-state index in [0.717, 1.165) is 17.2 Å². The average Bonchev–Trinajstić information content (AvgIpc) is 3.21. The lowest BCUT2D eigenvalue weighted by Gasteiger charge is -2.28. The van der Waals surface area contributed by atoms with E-state index < -0.39 is 18.0 Å². The van der Waals surface area contributed by atoms with Gasteiger partial charge in [0.2, 0.25) is 0 Å². The first-order chi connectivity index (χ1) is 12.4. The largest absolute Gasteiger partial charge is 0.392 e. The maximum absolute atomic E-state index is 13.1. The second-order valence-electron chi connectivity index (χ2n) is 7.29. The highest BCUT2D eigenvalue weighted by Crippen LogP contribution is 2.56. The van der Waals surface area contributed by atoms with Crippen LogP contribution in [0.4, 0.5) is 13.2 Å². The number of alkyl halides is 3. The van der Waals surface area contributed by atoms with Crippen LogP contribution < -0.4 is 5.43 Å². The summed E-state index contributed by atoms with van der Waals surface area (Å²) in [5.41, 5.74) is 2.98. The SMILES string of the molecule is O=C(N/N=C\[C@@H]1C[C@H]2C[C@@H]1[C@H](C(F)(F)F)C2)c1cccc2ccccc12. The van der Waals surface area contributed by atoms with Crippen molar-refractivity contribution in [2.24, 2.45) is 28.8 Å². The molecule has 3 nitrogen and oxygen atoms in total. The van der Waals surface area contributed by atoms with Crippen LogP contribution >= 0.6 is 0 Å². The third-order valence-electron chi connectivity index (χ3n) is 5.75. The van der Waals surface area contributed by atoms with Crippen molar-refractivity contribution >= 4 is 22.9 Å². The van der Waals surface area contributed by atoms with Crippen molar-refractivity contribution in [3.8, 4) is 0 Å². The number of amides is 1. The summed E-state index contributed by atoms with van der Waals surface area (Å²) in [6.07, 6.45) is -1.06. The molecule has 0 radical (unpaired) electrons. The number of carbonyl (C=O) groups excluding carboxylic acids is 1. The van der Waals surface area contributed by atoms with Gasteiger partial charge >= 0.3 is 6.18 Å². The Hall–Kier alpha value is -2.37. The molecule has 26 heavy (non-hydrogen) atoms. The molecule has 1 N–H and O–H groups in total. The van der Waals surface area contributed by atoms with Crippen LogP contribution in [0.1, 0.15) is 29.6 Å². The lowest BCUT2D eigenvalue weighted by atomic mass is 9.81. The Bertz CT molecular complexity index is 856. The van der Waals surface area contributed by atoms with Gasteiger partial charge in [-0.2, -0.15) is 18.3 Å². The molecule has 2 aliphatic rings. The highest BCUT2D eigenvalue weighted by Gasteiger charge is 2.56. The first kappa shape index (κ1) is 17.1. The zero-order valence-corrected chi connectivity index (χ0v) is 14.0. The molecule has 0 aliphatic heterocycles. The van der Waals surface area contributed by atoms with Gasteiger partial charge in [-0.3, -0.25) is 4.79 Å². The van der Waals surface area contributed by atoms with Crippen molar-refractivity contribution in [2.45, 2.75) is 25.4 Å². The zero-order valence-electron chi connectivity index (χ0n) is 14.0. The molecule has 2 bridgehead atoms. The van der Waals surface area contributed by atoms with Crippen LogP contribution in [0.15, 0.2) is 47.6 Å². The van der Waals surface area contributed by atoms with Gasteiger partial charge in [0.15, 0.2) is 0 Å². The molecule has 0 saturated heterocycles. The first-order valence-corrected chi connectivity index (χ1v) is 8.81. The minimum absolute atomic E-state index is 0.122. The van der Waals surface area contributed by atoms with E-state index in [1.165, 1.54) is 6.21 Å². The van der Waals surface area contributed by atoms with E-state index >= 15 is 0 Å². The van der Waals surface area contributed by atoms with E-state index in [-0.39, 0.29) is 24.2 Å². The maximum Gasteiger partial charge on any atom is 0.392 e. The summed E-state index contributed by atoms with van der Waals surface area (Å²) >= 11 is 0. The van der Waals surface area contributed by atoms with E-state index in [4.69, 9.17) is 0 Å². The Kier molecular flexibility index (Phi) is 4.21. The number of hydrogen-bond donors (Lipinski definition) is 1. The Balaban J connectivity index is 1.45. The fourth-order valence-electron chi connectivity index (χ4n) is 4.63. The molecule has 4 atom stereocenters. The van der Waals surface area contributed by atoms with Crippen LogP contribution in [0.25, 0.3) is 10.8 Å². The summed E-state index contributed by atoms with van der Waals surface area (Å²) < 4.78 is 39.3. The second kappa shape index (κ2) is 6.41. The number of benzene rings is 2. The molecule has 136 valence electrons. The van der Waals surface area contributed by atoms with Gasteiger partial charge in [-0.25, -0.2) is 5.43 Å². The third-order valence-corrected chi connectivity index (χ3v) is 5.75. The topological polar surface area (TPSA) is 41.5 Å². The fraction of sp³-hybridized carbons (Fsp3) is 0.400. The molecule has 2 aliphatic carbocycles. The van der Waals surface area contributed by atoms with E-state index in [2.05, 4.69) is 10.5 Å². The molecule has 0 heterocycles. The predicted octanol–water partition coefficient (Wildman–Crippen LogP) is 4.78. The number of rotatable bonds is 3. The maximum atomic E-state index is 13.1. The summed E-state index contributed by atoms with van der Waals surface area (Å²) in [7, 11) is 0. The van der Waals surface area contributed by atoms with Crippen LogP contribution in [-0.4, -0.2) is 18.3 Å². The number of hydrazone groups is 1. The minimum Gasteiger partial charge on any atom is -0.267 e. The summed E-state index contributed by atoms with van der Waals surface area (Å²) in [6, 6.07) is 13.0. The number of halogens is 3. The van der Waals surface area contributed by atoms with Gasteiger partial charge in [-0.15, -0.1) is 0 Å². The molecule has 1 amide bonds. The van der Waals surface area contributed by atoms with E-state index in [1.807, 2.05) is 30.3 Å². The monoisotopic (exact) mass is 360 g/mol. The number of nitrogens with one attached hydrogen (secondary N) is 1. The van der Waals surface area contributed by atoms with Gasteiger partial charge in [0, 0.05) is 11.8 Å². The summed E-state index contributed by atoms with van der Waals surface area (Å²) in [5, 5.41) is 5.75. The summed E-state index contributed by atoms with van der Waals surface area (Å²) in [4.78, 5) is 12.4. The number of nitrogens with zero attached hydrogens (tertiary/aromatic N) is 1. The van der Waals surface area contributed by atoms with Crippen molar-refractivity contribution in [1.29, 1.82) is 0 Å². The van der Waals surface area contributed by atoms with Crippen LogP contribution in [0.2, 0.25) is 0 Å². The van der Waals surface area contributed by atoms with Gasteiger partial charge in [0.05, 0.1) is 5.92 Å². The van der Waals surface area contributed by atoms with Crippen LogP contribution in [-0.2, 0) is 0 Å². The second-order valence-corrected chi connectivity index (χ2v) is 7.29. The average molecular weight is 360 g/mol. The molecule has 6 heteroatoms. The number of carbonyl (C=O) groups is 1. The first-order valence-electron chi connectivity index (χ1n) is 8.81. The summed E-state index contributed by atoms with van der Waals surface area (Å²) in [6.45, 7) is 0. The third kappa shape index (κ3) is 3.08. The number of fused-ring (bicyclic) bond motifs is 3. The van der Waals surface area contributed by atoms with Crippen molar-refractivity contribution in [2.75, 3.05) is 0 Å². The quantitative estimate of drug-likeness (QED) is 0.621. The lowest BCUT2D eigenvalue weighted by molar-refractivity contribution is -0.189. The molecule has 2 aromatic rings. The Morgan fingerprint density at radius 2 is 1.85 bits per heavy atom. The van der Waals surface area contributed by atoms with Crippen LogP contribution in [0.5, 0.6) is 0 Å². The smallest absolute Gasteiger partial charge is 0.267 e. The van der Waals surface area contributed by atoms with Crippen molar-refractivity contribution < 1.29 is 18.0 Å². The minimum atomic E-state index is -4.14. The highest BCUT2D eigenvalue weighted by atomic mass is 19.4. The van der Waals surface area contributed by atoms with Gasteiger partial charge in [-0.1, -0.05) is 36.4 Å². The highest BCUT2D eigenvalue weighted by molar-refractivity contribution is 6.07. The van der Waals surface area contributed by atoms with Gasteiger partial charge in [0.25, 0.3) is 5.91 Å². The molecule has 2 aromatic carbocycles. The molecule has 0 unspecified atom stereocenters. The molecule has 2 fully saturated rings. The zero-order chi connectivity index (χ0) is 18.3. The molecular formula is C20H19F3N2O. The van der Waals surface area contributed by atoms with Crippen molar-refractivity contribution in [3.05, 3.63) is 48.0 Å². The van der Waals surface area contributed by atoms with Gasteiger partial charge in [0.1, 0.15) is 0 Å². The molecule has 0 aromatic heterocycles. The van der Waals surface area contributed by atoms with Gasteiger partial charge in [-0.05, 0) is 53.9 Å². The van der Waals surface area contributed by atoms with Crippen LogP contribution in [0, 0.1) is 23.7 Å². The van der Waals surface area contributed by atoms with Crippen molar-refractivity contribution in [3.63, 3.8) is 0 Å². The summed E-state index contributed by atoms with van der Waals surface area (Å²) in [5.74, 6) is -2.08. The van der Waals surface area contributed by atoms with Gasteiger partial charge < -0.3 is 0 Å². The molecule has 0 spiro atoms. The normalized spacial score (nSPS) is 28.1. The Labute approximate surface area is 149 Å². The molecule has 4 rings (SSSR count). The van der Waals surface area contributed by atoms with E-state index in [0.29, 0.717) is 12.0 Å².